The molecule has 0 bridgehead atoms. The first-order chi connectivity index (χ1) is 8.50. The first-order valence-electron chi connectivity index (χ1n) is 5.91. The van der Waals surface area contributed by atoms with E-state index in [1.54, 1.807) is 30.1 Å². The number of phenols is 1. The lowest BCUT2D eigenvalue weighted by molar-refractivity contribution is -0.149. The van der Waals surface area contributed by atoms with Gasteiger partial charge < -0.3 is 15.3 Å². The molecule has 1 atom stereocenters. The van der Waals surface area contributed by atoms with Crippen molar-refractivity contribution in [2.24, 2.45) is 5.92 Å². The number of carboxylic acid groups (broad SMARTS) is 1. The van der Waals surface area contributed by atoms with E-state index >= 15 is 0 Å². The van der Waals surface area contributed by atoms with Crippen molar-refractivity contribution in [3.8, 4) is 5.75 Å². The number of hydrogen-bond acceptors (Lipinski definition) is 4. The molecule has 1 saturated carbocycles. The van der Waals surface area contributed by atoms with Gasteiger partial charge in [0.1, 0.15) is 12.0 Å². The summed E-state index contributed by atoms with van der Waals surface area (Å²) in [4.78, 5) is 12.4. The topological polar surface area (TPSA) is 81.0 Å². The minimum Gasteiger partial charge on any atom is -0.508 e. The van der Waals surface area contributed by atoms with E-state index in [9.17, 15) is 15.0 Å². The van der Waals surface area contributed by atoms with Crippen molar-refractivity contribution in [1.29, 1.82) is 0 Å². The van der Waals surface area contributed by atoms with Gasteiger partial charge in [-0.1, -0.05) is 18.2 Å². The molecule has 0 amide bonds. The van der Waals surface area contributed by atoms with Crippen LogP contribution in [0.3, 0.4) is 0 Å². The van der Waals surface area contributed by atoms with Crippen LogP contribution in [0.1, 0.15) is 24.6 Å². The summed E-state index contributed by atoms with van der Waals surface area (Å²) >= 11 is 0. The fourth-order valence-electron chi connectivity index (χ4n) is 2.25. The fourth-order valence-corrected chi connectivity index (χ4v) is 2.25. The van der Waals surface area contributed by atoms with E-state index in [-0.39, 0.29) is 17.7 Å². The zero-order valence-corrected chi connectivity index (χ0v) is 10.2. The molecule has 1 aliphatic carbocycles. The van der Waals surface area contributed by atoms with Gasteiger partial charge in [-0.2, -0.15) is 0 Å². The first-order valence-corrected chi connectivity index (χ1v) is 5.91. The second kappa shape index (κ2) is 4.96. The second-order valence-electron chi connectivity index (χ2n) is 4.76. The molecule has 18 heavy (non-hydrogen) atoms. The fraction of sp³-hybridized carbons (Fsp3) is 0.462. The van der Waals surface area contributed by atoms with Crippen LogP contribution in [0, 0.1) is 5.92 Å². The Kier molecular flexibility index (Phi) is 3.54. The number of para-hydroxylation sites is 1. The highest BCUT2D eigenvalue weighted by atomic mass is 16.4. The van der Waals surface area contributed by atoms with Crippen molar-refractivity contribution in [1.82, 2.24) is 4.90 Å². The normalized spacial score (nSPS) is 24.6. The summed E-state index contributed by atoms with van der Waals surface area (Å²) in [5, 5.41) is 28.6. The van der Waals surface area contributed by atoms with Gasteiger partial charge in [-0.25, -0.2) is 0 Å². The van der Waals surface area contributed by atoms with Gasteiger partial charge >= 0.3 is 5.97 Å². The summed E-state index contributed by atoms with van der Waals surface area (Å²) in [5.74, 6) is -1.04. The summed E-state index contributed by atoms with van der Waals surface area (Å²) in [6.45, 7) is 0. The molecule has 5 nitrogen and oxygen atoms in total. The van der Waals surface area contributed by atoms with Gasteiger partial charge in [0.2, 0.25) is 0 Å². The average Bonchev–Trinajstić information content (AvgIpc) is 2.26. The molecule has 2 rings (SSSR count). The van der Waals surface area contributed by atoms with Crippen LogP contribution in [-0.4, -0.2) is 39.3 Å². The van der Waals surface area contributed by atoms with Crippen LogP contribution in [0.5, 0.6) is 5.75 Å². The number of aliphatic carboxylic acids is 1. The predicted octanol–water partition coefficient (Wildman–Crippen LogP) is 1.18. The van der Waals surface area contributed by atoms with Gasteiger partial charge in [0, 0.05) is 11.6 Å². The van der Waals surface area contributed by atoms with Crippen LogP contribution in [-0.2, 0) is 4.79 Å². The molecule has 5 heteroatoms. The summed E-state index contributed by atoms with van der Waals surface area (Å²) in [7, 11) is 1.74. The van der Waals surface area contributed by atoms with Gasteiger partial charge in [-0.05, 0) is 26.0 Å². The number of rotatable bonds is 4. The number of aliphatic hydroxyl groups is 1. The molecule has 0 saturated heterocycles. The lowest BCUT2D eigenvalue weighted by Gasteiger charge is -2.41. The number of aliphatic hydroxyl groups excluding tert-OH is 1. The van der Waals surface area contributed by atoms with Crippen LogP contribution < -0.4 is 0 Å². The number of phenolic OH excluding ortho intramolecular Hbond substituents is 1. The molecule has 1 aromatic carbocycles. The van der Waals surface area contributed by atoms with Crippen LogP contribution in [0.25, 0.3) is 0 Å². The van der Waals surface area contributed by atoms with E-state index in [0.29, 0.717) is 18.4 Å². The zero-order chi connectivity index (χ0) is 13.3. The maximum Gasteiger partial charge on any atom is 0.306 e. The van der Waals surface area contributed by atoms with Crippen molar-refractivity contribution < 1.29 is 20.1 Å². The molecule has 1 aromatic rings. The van der Waals surface area contributed by atoms with E-state index in [0.717, 1.165) is 0 Å². The van der Waals surface area contributed by atoms with Crippen molar-refractivity contribution in [2.45, 2.75) is 25.1 Å². The second-order valence-corrected chi connectivity index (χ2v) is 4.76. The Labute approximate surface area is 105 Å². The predicted molar refractivity (Wildman–Crippen MR) is 65.0 cm³/mol. The molecule has 0 aromatic heterocycles. The van der Waals surface area contributed by atoms with E-state index in [1.165, 1.54) is 6.07 Å². The van der Waals surface area contributed by atoms with E-state index in [4.69, 9.17) is 5.11 Å². The molecule has 0 radical (unpaired) electrons. The van der Waals surface area contributed by atoms with Gasteiger partial charge in [0.05, 0.1) is 5.92 Å². The highest BCUT2D eigenvalue weighted by Gasteiger charge is 2.39. The first kappa shape index (κ1) is 12.9. The SMILES string of the molecule is CN(C1CC(C(=O)O)C1)C(O)c1ccccc1O. The largest absolute Gasteiger partial charge is 0.508 e. The third-order valence-electron chi connectivity index (χ3n) is 3.64. The lowest BCUT2D eigenvalue weighted by Crippen LogP contribution is -2.46. The molecule has 1 fully saturated rings. The monoisotopic (exact) mass is 251 g/mol. The number of benzene rings is 1. The van der Waals surface area contributed by atoms with Crippen LogP contribution in [0.4, 0.5) is 0 Å². The standard InChI is InChI=1S/C13H17NO4/c1-14(9-6-8(7-9)13(17)18)12(16)10-4-2-3-5-11(10)15/h2-5,8-9,12,15-16H,6-7H2,1H3,(H,17,18). The minimum absolute atomic E-state index is 0.0423. The number of carbonyl (C=O) groups is 1. The Balaban J connectivity index is 2.00. The number of nitrogens with zero attached hydrogens (tertiary/aromatic N) is 1. The van der Waals surface area contributed by atoms with Crippen molar-refractivity contribution >= 4 is 5.97 Å². The highest BCUT2D eigenvalue weighted by Crippen LogP contribution is 2.36. The van der Waals surface area contributed by atoms with Crippen molar-refractivity contribution in [2.75, 3.05) is 7.05 Å². The average molecular weight is 251 g/mol. The quantitative estimate of drug-likeness (QED) is 0.700. The Morgan fingerprint density at radius 3 is 2.56 bits per heavy atom. The van der Waals surface area contributed by atoms with E-state index in [1.807, 2.05) is 0 Å². The summed E-state index contributed by atoms with van der Waals surface area (Å²) in [6, 6.07) is 6.65. The van der Waals surface area contributed by atoms with Crippen molar-refractivity contribution in [3.05, 3.63) is 29.8 Å². The van der Waals surface area contributed by atoms with Gasteiger partial charge in [0.25, 0.3) is 0 Å². The maximum absolute atomic E-state index is 10.7. The molecule has 1 aliphatic rings. The molecule has 0 aliphatic heterocycles. The summed E-state index contributed by atoms with van der Waals surface area (Å²) in [6.07, 6.45) is 0.165. The third kappa shape index (κ3) is 2.32. The number of carboxylic acids is 1. The number of hydrogen-bond donors (Lipinski definition) is 3. The van der Waals surface area contributed by atoms with Gasteiger partial charge in [0.15, 0.2) is 0 Å². The molecule has 0 spiro atoms. The molecule has 3 N–H and O–H groups in total. The Hall–Kier alpha value is -1.59. The summed E-state index contributed by atoms with van der Waals surface area (Å²) in [5.41, 5.74) is 0.443. The molecule has 1 unspecified atom stereocenters. The molecular formula is C13H17NO4. The highest BCUT2D eigenvalue weighted by molar-refractivity contribution is 5.71. The number of aromatic hydroxyl groups is 1. The Morgan fingerprint density at radius 1 is 1.39 bits per heavy atom. The smallest absolute Gasteiger partial charge is 0.306 e. The molecule has 0 heterocycles. The maximum atomic E-state index is 10.7. The van der Waals surface area contributed by atoms with E-state index < -0.39 is 12.2 Å². The third-order valence-corrected chi connectivity index (χ3v) is 3.64. The van der Waals surface area contributed by atoms with E-state index in [2.05, 4.69) is 0 Å². The molecule has 98 valence electrons. The minimum atomic E-state index is -0.911. The van der Waals surface area contributed by atoms with Crippen LogP contribution >= 0.6 is 0 Å². The van der Waals surface area contributed by atoms with Crippen LogP contribution in [0.15, 0.2) is 24.3 Å². The van der Waals surface area contributed by atoms with Crippen LogP contribution in [0.2, 0.25) is 0 Å². The van der Waals surface area contributed by atoms with Crippen molar-refractivity contribution in [3.63, 3.8) is 0 Å². The molecular weight excluding hydrogens is 234 g/mol. The summed E-state index contributed by atoms with van der Waals surface area (Å²) < 4.78 is 0. The lowest BCUT2D eigenvalue weighted by atomic mass is 9.79. The zero-order valence-electron chi connectivity index (χ0n) is 10.2. The Morgan fingerprint density at radius 2 is 2.00 bits per heavy atom. The van der Waals surface area contributed by atoms with Gasteiger partial charge in [-0.3, -0.25) is 9.69 Å². The Bertz CT molecular complexity index is 442. The van der Waals surface area contributed by atoms with Gasteiger partial charge in [-0.15, -0.1) is 0 Å².